The summed E-state index contributed by atoms with van der Waals surface area (Å²) in [6, 6.07) is 10.5. The molecule has 3 aromatic rings. The van der Waals surface area contributed by atoms with Crippen molar-refractivity contribution in [1.82, 2.24) is 14.9 Å². The summed E-state index contributed by atoms with van der Waals surface area (Å²) >= 11 is 1.64. The van der Waals surface area contributed by atoms with Gasteiger partial charge in [0.05, 0.1) is 5.39 Å². The summed E-state index contributed by atoms with van der Waals surface area (Å²) in [6.45, 7) is 3.04. The summed E-state index contributed by atoms with van der Waals surface area (Å²) in [6.07, 6.45) is 8.25. The molecule has 1 aliphatic heterocycles. The highest BCUT2D eigenvalue weighted by Gasteiger charge is 2.24. The monoisotopic (exact) mass is 406 g/mol. The molecule has 1 amide bonds. The SMILES string of the molecule is O=C(c1ccc(C2CCCCC2)cc1)N1CCN(c2ncnc3sccc23)CC1. The second-order valence-electron chi connectivity index (χ2n) is 8.07. The smallest absolute Gasteiger partial charge is 0.253 e. The van der Waals surface area contributed by atoms with Crippen LogP contribution < -0.4 is 4.90 Å². The van der Waals surface area contributed by atoms with Crippen molar-refractivity contribution in [2.24, 2.45) is 0 Å². The fourth-order valence-corrected chi connectivity index (χ4v) is 5.39. The maximum absolute atomic E-state index is 13.0. The number of piperazine rings is 1. The lowest BCUT2D eigenvalue weighted by atomic mass is 9.84. The van der Waals surface area contributed by atoms with Crippen LogP contribution in [0.15, 0.2) is 42.0 Å². The van der Waals surface area contributed by atoms with E-state index in [4.69, 9.17) is 0 Å². The number of rotatable bonds is 3. The van der Waals surface area contributed by atoms with Gasteiger partial charge in [0.25, 0.3) is 5.91 Å². The number of fused-ring (bicyclic) bond motifs is 1. The molecule has 0 bridgehead atoms. The summed E-state index contributed by atoms with van der Waals surface area (Å²) in [4.78, 5) is 27.1. The van der Waals surface area contributed by atoms with Gasteiger partial charge in [0.1, 0.15) is 17.0 Å². The molecule has 1 saturated carbocycles. The van der Waals surface area contributed by atoms with E-state index in [1.54, 1.807) is 17.7 Å². The zero-order valence-electron chi connectivity index (χ0n) is 16.6. The number of aromatic nitrogens is 2. The van der Waals surface area contributed by atoms with Gasteiger partial charge in [0, 0.05) is 31.7 Å². The van der Waals surface area contributed by atoms with Crippen LogP contribution >= 0.6 is 11.3 Å². The van der Waals surface area contributed by atoms with Crippen LogP contribution in [0.3, 0.4) is 0 Å². The van der Waals surface area contributed by atoms with Crippen LogP contribution in [-0.2, 0) is 0 Å². The Labute approximate surface area is 175 Å². The lowest BCUT2D eigenvalue weighted by molar-refractivity contribution is 0.0746. The minimum Gasteiger partial charge on any atom is -0.352 e. The molecule has 1 aliphatic carbocycles. The van der Waals surface area contributed by atoms with Gasteiger partial charge in [-0.3, -0.25) is 4.79 Å². The average molecular weight is 407 g/mol. The van der Waals surface area contributed by atoms with Crippen LogP contribution in [0.2, 0.25) is 0 Å². The standard InChI is InChI=1S/C23H26N4OS/c28-23(19-8-6-18(7-9-19)17-4-2-1-3-5-17)27-13-11-26(12-14-27)21-20-10-15-29-22(20)25-16-24-21/h6-10,15-17H,1-5,11-14H2. The Kier molecular flexibility index (Phi) is 5.19. The molecular formula is C23H26N4OS. The lowest BCUT2D eigenvalue weighted by Crippen LogP contribution is -2.49. The number of benzene rings is 1. The van der Waals surface area contributed by atoms with Crippen molar-refractivity contribution in [3.05, 3.63) is 53.2 Å². The minimum absolute atomic E-state index is 0.142. The van der Waals surface area contributed by atoms with Gasteiger partial charge in [-0.2, -0.15) is 0 Å². The molecule has 6 heteroatoms. The Morgan fingerprint density at radius 3 is 2.45 bits per heavy atom. The first kappa shape index (κ1) is 18.6. The van der Waals surface area contributed by atoms with Crippen molar-refractivity contribution >= 4 is 33.3 Å². The lowest BCUT2D eigenvalue weighted by Gasteiger charge is -2.35. The predicted molar refractivity (Wildman–Crippen MR) is 118 cm³/mol. The van der Waals surface area contributed by atoms with E-state index in [9.17, 15) is 4.79 Å². The van der Waals surface area contributed by atoms with E-state index < -0.39 is 0 Å². The van der Waals surface area contributed by atoms with Crippen molar-refractivity contribution in [2.75, 3.05) is 31.1 Å². The predicted octanol–water partition coefficient (Wildman–Crippen LogP) is 4.70. The molecule has 1 aromatic carbocycles. The Bertz CT molecular complexity index is 986. The van der Waals surface area contributed by atoms with E-state index in [2.05, 4.69) is 38.4 Å². The molecule has 2 aromatic heterocycles. The summed E-state index contributed by atoms with van der Waals surface area (Å²) in [5.74, 6) is 1.81. The molecule has 1 saturated heterocycles. The zero-order valence-corrected chi connectivity index (χ0v) is 17.4. The van der Waals surface area contributed by atoms with Gasteiger partial charge in [-0.1, -0.05) is 31.4 Å². The average Bonchev–Trinajstić information content (AvgIpc) is 3.29. The van der Waals surface area contributed by atoms with Crippen LogP contribution in [0.1, 0.15) is 53.9 Å². The molecule has 5 rings (SSSR count). The minimum atomic E-state index is 0.142. The molecule has 0 radical (unpaired) electrons. The molecule has 0 atom stereocenters. The molecule has 3 heterocycles. The third-order valence-corrected chi connectivity index (χ3v) is 7.16. The van der Waals surface area contributed by atoms with Crippen LogP contribution in [0, 0.1) is 0 Å². The first-order valence-electron chi connectivity index (χ1n) is 10.6. The Morgan fingerprint density at radius 1 is 0.931 bits per heavy atom. The van der Waals surface area contributed by atoms with E-state index in [0.29, 0.717) is 5.92 Å². The third kappa shape index (κ3) is 3.73. The van der Waals surface area contributed by atoms with Crippen LogP contribution in [0.25, 0.3) is 10.2 Å². The zero-order chi connectivity index (χ0) is 19.6. The van der Waals surface area contributed by atoms with Gasteiger partial charge >= 0.3 is 0 Å². The summed E-state index contributed by atoms with van der Waals surface area (Å²) in [7, 11) is 0. The number of carbonyl (C=O) groups is 1. The fourth-order valence-electron chi connectivity index (χ4n) is 4.67. The number of anilines is 1. The first-order valence-corrected chi connectivity index (χ1v) is 11.5. The molecule has 2 aliphatic rings. The summed E-state index contributed by atoms with van der Waals surface area (Å²) in [5.41, 5.74) is 2.20. The molecule has 0 spiro atoms. The van der Waals surface area contributed by atoms with Crippen molar-refractivity contribution in [3.63, 3.8) is 0 Å². The number of hydrogen-bond donors (Lipinski definition) is 0. The Balaban J connectivity index is 1.23. The number of thiophene rings is 1. The van der Waals surface area contributed by atoms with Crippen molar-refractivity contribution in [3.8, 4) is 0 Å². The third-order valence-electron chi connectivity index (χ3n) is 6.34. The largest absolute Gasteiger partial charge is 0.352 e. The Morgan fingerprint density at radius 2 is 1.69 bits per heavy atom. The molecule has 0 N–H and O–H groups in total. The van der Waals surface area contributed by atoms with E-state index in [1.807, 2.05) is 17.0 Å². The van der Waals surface area contributed by atoms with Gasteiger partial charge in [0.15, 0.2) is 0 Å². The maximum Gasteiger partial charge on any atom is 0.253 e. The molecule has 5 nitrogen and oxygen atoms in total. The molecule has 29 heavy (non-hydrogen) atoms. The second-order valence-corrected chi connectivity index (χ2v) is 8.97. The highest BCUT2D eigenvalue weighted by molar-refractivity contribution is 7.16. The second kappa shape index (κ2) is 8.11. The fraction of sp³-hybridized carbons (Fsp3) is 0.435. The number of carbonyl (C=O) groups excluding carboxylic acids is 1. The maximum atomic E-state index is 13.0. The normalized spacial score (nSPS) is 18.3. The van der Waals surface area contributed by atoms with Gasteiger partial charge in [0.2, 0.25) is 0 Å². The molecule has 0 unspecified atom stereocenters. The number of amides is 1. The van der Waals surface area contributed by atoms with Crippen LogP contribution in [0.5, 0.6) is 0 Å². The van der Waals surface area contributed by atoms with E-state index in [0.717, 1.165) is 47.8 Å². The quantitative estimate of drug-likeness (QED) is 0.632. The highest BCUT2D eigenvalue weighted by atomic mass is 32.1. The van der Waals surface area contributed by atoms with E-state index in [1.165, 1.54) is 37.7 Å². The molecule has 150 valence electrons. The van der Waals surface area contributed by atoms with E-state index >= 15 is 0 Å². The molecular weight excluding hydrogens is 380 g/mol. The number of hydrogen-bond acceptors (Lipinski definition) is 5. The van der Waals surface area contributed by atoms with Crippen LogP contribution in [-0.4, -0.2) is 47.0 Å². The number of nitrogens with zero attached hydrogens (tertiary/aromatic N) is 4. The molecule has 2 fully saturated rings. The Hall–Kier alpha value is -2.47. The van der Waals surface area contributed by atoms with Crippen molar-refractivity contribution in [1.29, 1.82) is 0 Å². The summed E-state index contributed by atoms with van der Waals surface area (Å²) in [5, 5.41) is 3.16. The van der Waals surface area contributed by atoms with Gasteiger partial charge in [-0.05, 0) is 47.9 Å². The van der Waals surface area contributed by atoms with Gasteiger partial charge in [-0.25, -0.2) is 9.97 Å². The van der Waals surface area contributed by atoms with Gasteiger partial charge < -0.3 is 9.80 Å². The van der Waals surface area contributed by atoms with E-state index in [-0.39, 0.29) is 5.91 Å². The van der Waals surface area contributed by atoms with Gasteiger partial charge in [-0.15, -0.1) is 11.3 Å². The first-order chi connectivity index (χ1) is 14.3. The van der Waals surface area contributed by atoms with Crippen molar-refractivity contribution in [2.45, 2.75) is 38.0 Å². The topological polar surface area (TPSA) is 49.3 Å². The summed E-state index contributed by atoms with van der Waals surface area (Å²) < 4.78 is 0. The highest BCUT2D eigenvalue weighted by Crippen LogP contribution is 2.33. The van der Waals surface area contributed by atoms with Crippen LogP contribution in [0.4, 0.5) is 5.82 Å². The van der Waals surface area contributed by atoms with Crippen molar-refractivity contribution < 1.29 is 4.79 Å².